The van der Waals surface area contributed by atoms with Crippen molar-refractivity contribution in [2.75, 3.05) is 0 Å². The van der Waals surface area contributed by atoms with E-state index in [1.165, 1.54) is 44.9 Å². The van der Waals surface area contributed by atoms with Crippen LogP contribution in [0, 0.1) is 46.3 Å². The molecule has 4 aliphatic rings. The molecule has 2 N–H and O–H groups in total. The molecular weight excluding hydrogens is 368 g/mol. The molecule has 0 saturated heterocycles. The first kappa shape index (κ1) is 22.8. The topological polar surface area (TPSA) is 40.5 Å². The highest BCUT2D eigenvalue weighted by Gasteiger charge is 2.58. The van der Waals surface area contributed by atoms with Gasteiger partial charge in [-0.3, -0.25) is 0 Å². The lowest BCUT2D eigenvalue weighted by Gasteiger charge is -2.58. The van der Waals surface area contributed by atoms with Gasteiger partial charge in [0.1, 0.15) is 0 Å². The Morgan fingerprint density at radius 3 is 2.43 bits per heavy atom. The molecule has 0 aromatic rings. The molecule has 4 rings (SSSR count). The predicted octanol–water partition coefficient (Wildman–Crippen LogP) is 6.75. The van der Waals surface area contributed by atoms with Crippen LogP contribution >= 0.6 is 0 Å². The van der Waals surface area contributed by atoms with Crippen LogP contribution in [0.25, 0.3) is 0 Å². The lowest BCUT2D eigenvalue weighted by atomic mass is 9.47. The smallest absolute Gasteiger partial charge is 0.0623 e. The first-order valence-electron chi connectivity index (χ1n) is 13.1. The van der Waals surface area contributed by atoms with Crippen molar-refractivity contribution in [2.45, 2.75) is 117 Å². The molecule has 0 aromatic carbocycles. The number of hydrogen-bond donors (Lipinski definition) is 2. The van der Waals surface area contributed by atoms with Crippen LogP contribution in [0.2, 0.25) is 0 Å². The summed E-state index contributed by atoms with van der Waals surface area (Å²) in [7, 11) is 0. The highest BCUT2D eigenvalue weighted by Crippen LogP contribution is 2.67. The van der Waals surface area contributed by atoms with Crippen LogP contribution in [-0.4, -0.2) is 21.9 Å². The van der Waals surface area contributed by atoms with Crippen molar-refractivity contribution in [1.29, 1.82) is 0 Å². The number of hydrogen-bond acceptors (Lipinski definition) is 2. The van der Waals surface area contributed by atoms with Crippen molar-refractivity contribution in [3.8, 4) is 0 Å². The summed E-state index contributed by atoms with van der Waals surface area (Å²) in [6.07, 6.45) is 14.5. The van der Waals surface area contributed by atoms with E-state index in [0.717, 1.165) is 37.0 Å². The Bertz CT molecular complexity index is 664. The van der Waals surface area contributed by atoms with Crippen molar-refractivity contribution >= 4 is 0 Å². The maximum Gasteiger partial charge on any atom is 0.0623 e. The van der Waals surface area contributed by atoms with Crippen molar-refractivity contribution in [3.05, 3.63) is 11.6 Å². The molecular formula is C28H48O2. The van der Waals surface area contributed by atoms with E-state index in [9.17, 15) is 10.2 Å². The zero-order valence-corrected chi connectivity index (χ0v) is 20.6. The normalized spacial score (nSPS) is 47.8. The number of aliphatic hydroxyl groups excluding tert-OH is 1. The lowest BCUT2D eigenvalue weighted by molar-refractivity contribution is -0.0648. The third-order valence-corrected chi connectivity index (χ3v) is 10.8. The van der Waals surface area contributed by atoms with Gasteiger partial charge in [0, 0.05) is 0 Å². The van der Waals surface area contributed by atoms with Gasteiger partial charge in [0.05, 0.1) is 11.7 Å². The Hall–Kier alpha value is -0.340. The average Bonchev–Trinajstić information content (AvgIpc) is 3.03. The van der Waals surface area contributed by atoms with Crippen LogP contribution in [-0.2, 0) is 0 Å². The van der Waals surface area contributed by atoms with Crippen LogP contribution in [0.4, 0.5) is 0 Å². The molecule has 2 nitrogen and oxygen atoms in total. The number of rotatable bonds is 5. The first-order valence-corrected chi connectivity index (χ1v) is 13.1. The number of allylic oxidation sites excluding steroid dienone is 2. The summed E-state index contributed by atoms with van der Waals surface area (Å²) in [6.45, 7) is 13.9. The van der Waals surface area contributed by atoms with Crippen LogP contribution in [0.5, 0.6) is 0 Å². The Balaban J connectivity index is 1.51. The minimum atomic E-state index is -0.449. The van der Waals surface area contributed by atoms with Crippen molar-refractivity contribution in [1.82, 2.24) is 0 Å². The average molecular weight is 417 g/mol. The molecule has 0 heterocycles. The SMILES string of the molecule is CC(C)[C@H](O)CC[C@@H](C)[C@H]1CC[C@H]2[C@@H]3CC[C@H]4C[C@@](C)(O)CC[C@]4(C)C3=CC[C@]12C. The van der Waals surface area contributed by atoms with Gasteiger partial charge in [-0.1, -0.05) is 46.3 Å². The zero-order chi connectivity index (χ0) is 21.9. The lowest BCUT2D eigenvalue weighted by Crippen LogP contribution is -2.50. The Kier molecular flexibility index (Phi) is 6.02. The summed E-state index contributed by atoms with van der Waals surface area (Å²) in [5, 5.41) is 21.0. The highest BCUT2D eigenvalue weighted by atomic mass is 16.3. The summed E-state index contributed by atoms with van der Waals surface area (Å²) < 4.78 is 0. The van der Waals surface area contributed by atoms with Gasteiger partial charge in [-0.15, -0.1) is 0 Å². The summed E-state index contributed by atoms with van der Waals surface area (Å²) in [6, 6.07) is 0. The van der Waals surface area contributed by atoms with E-state index < -0.39 is 5.60 Å². The maximum atomic E-state index is 10.7. The van der Waals surface area contributed by atoms with E-state index in [1.807, 2.05) is 0 Å². The molecule has 0 aliphatic heterocycles. The van der Waals surface area contributed by atoms with Gasteiger partial charge in [-0.2, -0.15) is 0 Å². The van der Waals surface area contributed by atoms with Gasteiger partial charge in [-0.25, -0.2) is 0 Å². The molecule has 0 bridgehead atoms. The quantitative estimate of drug-likeness (QED) is 0.487. The summed E-state index contributed by atoms with van der Waals surface area (Å²) in [5.41, 5.74) is 2.12. The van der Waals surface area contributed by atoms with Gasteiger partial charge in [-0.05, 0) is 117 Å². The minimum absolute atomic E-state index is 0.144. The molecule has 30 heavy (non-hydrogen) atoms. The number of aliphatic hydroxyl groups is 2. The van der Waals surface area contributed by atoms with E-state index in [-0.39, 0.29) is 6.10 Å². The van der Waals surface area contributed by atoms with E-state index in [2.05, 4.69) is 47.6 Å². The largest absolute Gasteiger partial charge is 0.393 e. The van der Waals surface area contributed by atoms with Crippen molar-refractivity contribution < 1.29 is 10.2 Å². The van der Waals surface area contributed by atoms with Crippen LogP contribution < -0.4 is 0 Å². The first-order chi connectivity index (χ1) is 14.0. The standard InChI is InChI=1S/C28H48O2/c1-18(2)25(29)12-7-19(3)22-10-11-23-21-9-8-20-17-26(4,30)15-16-27(20,5)24(21)13-14-28(22,23)6/h13,18-23,25,29-30H,7-12,14-17H2,1-6H3/t19-,20+,21+,22-,23+,25-,26+,27+,28-/m1/s1. The monoisotopic (exact) mass is 416 g/mol. The molecule has 0 unspecified atom stereocenters. The van der Waals surface area contributed by atoms with E-state index >= 15 is 0 Å². The zero-order valence-electron chi connectivity index (χ0n) is 20.6. The fourth-order valence-electron chi connectivity index (χ4n) is 8.64. The van der Waals surface area contributed by atoms with Gasteiger partial charge in [0.25, 0.3) is 0 Å². The molecule has 2 heteroatoms. The molecule has 3 fully saturated rings. The molecule has 0 amide bonds. The van der Waals surface area contributed by atoms with Gasteiger partial charge in [0.15, 0.2) is 0 Å². The molecule has 4 aliphatic carbocycles. The third kappa shape index (κ3) is 3.72. The molecule has 3 saturated carbocycles. The molecule has 0 spiro atoms. The van der Waals surface area contributed by atoms with E-state index in [0.29, 0.717) is 28.6 Å². The van der Waals surface area contributed by atoms with Gasteiger partial charge >= 0.3 is 0 Å². The fourth-order valence-corrected chi connectivity index (χ4v) is 8.64. The minimum Gasteiger partial charge on any atom is -0.393 e. The van der Waals surface area contributed by atoms with Crippen LogP contribution in [0.15, 0.2) is 11.6 Å². The molecule has 0 radical (unpaired) electrons. The summed E-state index contributed by atoms with van der Waals surface area (Å²) >= 11 is 0. The molecule has 0 aromatic heterocycles. The second kappa shape index (κ2) is 7.91. The Morgan fingerprint density at radius 1 is 1.00 bits per heavy atom. The predicted molar refractivity (Wildman–Crippen MR) is 125 cm³/mol. The highest BCUT2D eigenvalue weighted by molar-refractivity contribution is 5.29. The molecule has 9 atom stereocenters. The second-order valence-corrected chi connectivity index (χ2v) is 13.0. The summed E-state index contributed by atoms with van der Waals surface area (Å²) in [5.74, 6) is 4.18. The van der Waals surface area contributed by atoms with E-state index in [4.69, 9.17) is 0 Å². The van der Waals surface area contributed by atoms with Crippen molar-refractivity contribution in [3.63, 3.8) is 0 Å². The summed E-state index contributed by atoms with van der Waals surface area (Å²) in [4.78, 5) is 0. The van der Waals surface area contributed by atoms with Gasteiger partial charge in [0.2, 0.25) is 0 Å². The van der Waals surface area contributed by atoms with E-state index in [1.54, 1.807) is 5.57 Å². The second-order valence-electron chi connectivity index (χ2n) is 13.0. The Morgan fingerprint density at radius 2 is 1.73 bits per heavy atom. The Labute approximate surface area is 185 Å². The van der Waals surface area contributed by atoms with Crippen molar-refractivity contribution in [2.24, 2.45) is 46.3 Å². The fraction of sp³-hybridized carbons (Fsp3) is 0.929. The van der Waals surface area contributed by atoms with Gasteiger partial charge < -0.3 is 10.2 Å². The van der Waals surface area contributed by atoms with Crippen LogP contribution in [0.1, 0.15) is 106 Å². The number of fused-ring (bicyclic) bond motifs is 5. The maximum absolute atomic E-state index is 10.7. The van der Waals surface area contributed by atoms with Crippen LogP contribution in [0.3, 0.4) is 0 Å². The molecule has 172 valence electrons. The third-order valence-electron chi connectivity index (χ3n) is 10.8.